The van der Waals surface area contributed by atoms with E-state index in [0.29, 0.717) is 32.1 Å². The SMILES string of the molecule is COCCNc1ccc(S(=O)(=O)N2CCCCC2)cn1. The first-order valence-electron chi connectivity index (χ1n) is 6.83. The quantitative estimate of drug-likeness (QED) is 0.802. The van der Waals surface area contributed by atoms with Gasteiger partial charge in [0, 0.05) is 32.9 Å². The Kier molecular flexibility index (Phi) is 5.33. The molecule has 2 heterocycles. The molecule has 0 unspecified atom stereocenters. The summed E-state index contributed by atoms with van der Waals surface area (Å²) in [5.74, 6) is 0.652. The minimum absolute atomic E-state index is 0.261. The highest BCUT2D eigenvalue weighted by Crippen LogP contribution is 2.20. The molecule has 1 fully saturated rings. The van der Waals surface area contributed by atoms with Gasteiger partial charge in [0.05, 0.1) is 6.61 Å². The molecule has 0 atom stereocenters. The second-order valence-corrected chi connectivity index (χ2v) is 6.70. The Morgan fingerprint density at radius 2 is 2.05 bits per heavy atom. The highest BCUT2D eigenvalue weighted by atomic mass is 32.2. The Bertz CT molecular complexity index is 510. The van der Waals surface area contributed by atoms with Crippen LogP contribution in [0.15, 0.2) is 23.2 Å². The molecule has 20 heavy (non-hydrogen) atoms. The van der Waals surface area contributed by atoms with Gasteiger partial charge in [-0.15, -0.1) is 0 Å². The molecule has 2 rings (SSSR count). The summed E-state index contributed by atoms with van der Waals surface area (Å²) in [6, 6.07) is 3.29. The first kappa shape index (κ1) is 15.2. The summed E-state index contributed by atoms with van der Waals surface area (Å²) in [7, 11) is -1.76. The van der Waals surface area contributed by atoms with Crippen LogP contribution in [0, 0.1) is 0 Å². The molecule has 1 aromatic heterocycles. The third-order valence-corrected chi connectivity index (χ3v) is 5.18. The average molecular weight is 299 g/mol. The maximum atomic E-state index is 12.4. The lowest BCUT2D eigenvalue weighted by Gasteiger charge is -2.25. The molecule has 1 saturated heterocycles. The molecule has 1 aliphatic heterocycles. The monoisotopic (exact) mass is 299 g/mol. The fraction of sp³-hybridized carbons (Fsp3) is 0.615. The van der Waals surface area contributed by atoms with Crippen molar-refractivity contribution < 1.29 is 13.2 Å². The van der Waals surface area contributed by atoms with Crippen molar-refractivity contribution in [3.63, 3.8) is 0 Å². The molecule has 112 valence electrons. The second-order valence-electron chi connectivity index (χ2n) is 4.76. The first-order chi connectivity index (χ1) is 9.64. The zero-order valence-electron chi connectivity index (χ0n) is 11.7. The van der Waals surface area contributed by atoms with Crippen LogP contribution in [0.5, 0.6) is 0 Å². The lowest BCUT2D eigenvalue weighted by atomic mass is 10.2. The normalized spacial score (nSPS) is 17.1. The summed E-state index contributed by atoms with van der Waals surface area (Å²) in [6.45, 7) is 2.43. The van der Waals surface area contributed by atoms with E-state index in [-0.39, 0.29) is 4.90 Å². The zero-order chi connectivity index (χ0) is 14.4. The topological polar surface area (TPSA) is 71.5 Å². The third kappa shape index (κ3) is 3.68. The highest BCUT2D eigenvalue weighted by Gasteiger charge is 2.25. The van der Waals surface area contributed by atoms with Crippen LogP contribution in [0.3, 0.4) is 0 Å². The molecule has 0 spiro atoms. The van der Waals surface area contributed by atoms with Crippen LogP contribution in [0.4, 0.5) is 5.82 Å². The standard InChI is InChI=1S/C13H21N3O3S/c1-19-10-7-14-13-6-5-12(11-15-13)20(17,18)16-8-3-2-4-9-16/h5-6,11H,2-4,7-10H2,1H3,(H,14,15). The third-order valence-electron chi connectivity index (χ3n) is 3.30. The number of hydrogen-bond donors (Lipinski definition) is 1. The maximum Gasteiger partial charge on any atom is 0.244 e. The highest BCUT2D eigenvalue weighted by molar-refractivity contribution is 7.89. The van der Waals surface area contributed by atoms with Crippen molar-refractivity contribution in [2.45, 2.75) is 24.2 Å². The molecule has 1 aromatic rings. The molecule has 6 nitrogen and oxygen atoms in total. The van der Waals surface area contributed by atoms with E-state index in [2.05, 4.69) is 10.3 Å². The lowest BCUT2D eigenvalue weighted by molar-refractivity contribution is 0.210. The molecular formula is C13H21N3O3S. The summed E-state index contributed by atoms with van der Waals surface area (Å²) in [5.41, 5.74) is 0. The van der Waals surface area contributed by atoms with Gasteiger partial charge in [-0.2, -0.15) is 4.31 Å². The van der Waals surface area contributed by atoms with E-state index in [9.17, 15) is 8.42 Å². The Labute approximate surface area is 120 Å². The zero-order valence-corrected chi connectivity index (χ0v) is 12.5. The van der Waals surface area contributed by atoms with Gasteiger partial charge >= 0.3 is 0 Å². The molecule has 1 N–H and O–H groups in total. The number of aromatic nitrogens is 1. The predicted octanol–water partition coefficient (Wildman–Crippen LogP) is 1.31. The molecule has 7 heteroatoms. The number of rotatable bonds is 6. The molecule has 0 bridgehead atoms. The van der Waals surface area contributed by atoms with E-state index in [1.54, 1.807) is 23.5 Å². The van der Waals surface area contributed by atoms with Crippen LogP contribution in [0.1, 0.15) is 19.3 Å². The number of nitrogens with zero attached hydrogens (tertiary/aromatic N) is 2. The fourth-order valence-electron chi connectivity index (χ4n) is 2.17. The van der Waals surface area contributed by atoms with Crippen molar-refractivity contribution in [2.24, 2.45) is 0 Å². The molecule has 1 aliphatic rings. The van der Waals surface area contributed by atoms with Gasteiger partial charge in [-0.25, -0.2) is 13.4 Å². The molecule has 0 radical (unpaired) electrons. The van der Waals surface area contributed by atoms with Crippen LogP contribution < -0.4 is 5.32 Å². The van der Waals surface area contributed by atoms with Crippen molar-refractivity contribution in [2.75, 3.05) is 38.7 Å². The van der Waals surface area contributed by atoms with Crippen LogP contribution in [0.2, 0.25) is 0 Å². The lowest BCUT2D eigenvalue weighted by Crippen LogP contribution is -2.35. The summed E-state index contributed by atoms with van der Waals surface area (Å²) in [6.07, 6.45) is 4.39. The number of pyridine rings is 1. The summed E-state index contributed by atoms with van der Waals surface area (Å²) < 4.78 is 31.3. The summed E-state index contributed by atoms with van der Waals surface area (Å²) >= 11 is 0. The van der Waals surface area contributed by atoms with Crippen LogP contribution >= 0.6 is 0 Å². The van der Waals surface area contributed by atoms with E-state index in [1.807, 2.05) is 0 Å². The predicted molar refractivity (Wildman–Crippen MR) is 77.2 cm³/mol. The molecular weight excluding hydrogens is 278 g/mol. The van der Waals surface area contributed by atoms with Gasteiger partial charge in [-0.05, 0) is 25.0 Å². The Balaban J connectivity index is 2.04. The van der Waals surface area contributed by atoms with Gasteiger partial charge in [-0.1, -0.05) is 6.42 Å². The Hall–Kier alpha value is -1.18. The minimum Gasteiger partial charge on any atom is -0.383 e. The first-order valence-corrected chi connectivity index (χ1v) is 8.27. The largest absolute Gasteiger partial charge is 0.383 e. The van der Waals surface area contributed by atoms with E-state index in [1.165, 1.54) is 6.20 Å². The molecule has 0 aliphatic carbocycles. The van der Waals surface area contributed by atoms with Crippen molar-refractivity contribution in [3.05, 3.63) is 18.3 Å². The molecule has 0 aromatic carbocycles. The maximum absolute atomic E-state index is 12.4. The van der Waals surface area contributed by atoms with E-state index >= 15 is 0 Å². The number of nitrogens with one attached hydrogen (secondary N) is 1. The number of hydrogen-bond acceptors (Lipinski definition) is 5. The number of piperidine rings is 1. The van der Waals surface area contributed by atoms with Crippen LogP contribution in [0.25, 0.3) is 0 Å². The summed E-state index contributed by atoms with van der Waals surface area (Å²) in [4.78, 5) is 4.40. The van der Waals surface area contributed by atoms with E-state index < -0.39 is 10.0 Å². The van der Waals surface area contributed by atoms with Crippen LogP contribution in [-0.2, 0) is 14.8 Å². The van der Waals surface area contributed by atoms with E-state index in [4.69, 9.17) is 4.74 Å². The smallest absolute Gasteiger partial charge is 0.244 e. The minimum atomic E-state index is -3.39. The van der Waals surface area contributed by atoms with Crippen molar-refractivity contribution in [1.82, 2.24) is 9.29 Å². The fourth-order valence-corrected chi connectivity index (χ4v) is 3.64. The number of methoxy groups -OCH3 is 1. The number of sulfonamides is 1. The van der Waals surface area contributed by atoms with Gasteiger partial charge in [0.15, 0.2) is 0 Å². The van der Waals surface area contributed by atoms with Gasteiger partial charge in [0.2, 0.25) is 10.0 Å². The van der Waals surface area contributed by atoms with Crippen molar-refractivity contribution in [1.29, 1.82) is 0 Å². The second kappa shape index (κ2) is 7.01. The molecule has 0 saturated carbocycles. The van der Waals surface area contributed by atoms with Crippen LogP contribution in [-0.4, -0.2) is 51.1 Å². The number of ether oxygens (including phenoxy) is 1. The van der Waals surface area contributed by atoms with Crippen molar-refractivity contribution >= 4 is 15.8 Å². The average Bonchev–Trinajstić information content (AvgIpc) is 2.49. The van der Waals surface area contributed by atoms with Gasteiger partial charge in [0.1, 0.15) is 10.7 Å². The Morgan fingerprint density at radius 1 is 1.30 bits per heavy atom. The van der Waals surface area contributed by atoms with E-state index in [0.717, 1.165) is 19.3 Å². The van der Waals surface area contributed by atoms with Gasteiger partial charge < -0.3 is 10.1 Å². The van der Waals surface area contributed by atoms with Gasteiger partial charge in [0.25, 0.3) is 0 Å². The van der Waals surface area contributed by atoms with Crippen molar-refractivity contribution in [3.8, 4) is 0 Å². The molecule has 0 amide bonds. The van der Waals surface area contributed by atoms with Gasteiger partial charge in [-0.3, -0.25) is 0 Å². The Morgan fingerprint density at radius 3 is 2.65 bits per heavy atom. The number of anilines is 1. The summed E-state index contributed by atoms with van der Waals surface area (Å²) in [5, 5.41) is 3.06.